The van der Waals surface area contributed by atoms with Crippen molar-refractivity contribution in [1.82, 2.24) is 20.3 Å². The van der Waals surface area contributed by atoms with Crippen LogP contribution in [0.5, 0.6) is 0 Å². The van der Waals surface area contributed by atoms with Gasteiger partial charge in [0.15, 0.2) is 0 Å². The van der Waals surface area contributed by atoms with Gasteiger partial charge in [-0.1, -0.05) is 46.3 Å². The molecule has 1 atom stereocenters. The van der Waals surface area contributed by atoms with Crippen LogP contribution < -0.4 is 5.32 Å². The number of nitrogens with one attached hydrogen (secondary N) is 1. The molecule has 0 spiro atoms. The van der Waals surface area contributed by atoms with Gasteiger partial charge in [-0.3, -0.25) is 4.68 Å². The van der Waals surface area contributed by atoms with E-state index in [1.165, 1.54) is 5.56 Å². The molecular formula is C14H19BrN4. The van der Waals surface area contributed by atoms with Crippen molar-refractivity contribution in [3.8, 4) is 0 Å². The molecule has 2 aromatic rings. The lowest BCUT2D eigenvalue weighted by Gasteiger charge is -2.17. The van der Waals surface area contributed by atoms with E-state index in [1.54, 1.807) is 4.68 Å². The van der Waals surface area contributed by atoms with Crippen LogP contribution in [0.2, 0.25) is 0 Å². The molecule has 0 aliphatic rings. The van der Waals surface area contributed by atoms with Crippen LogP contribution >= 0.6 is 15.9 Å². The van der Waals surface area contributed by atoms with E-state index >= 15 is 0 Å². The molecule has 19 heavy (non-hydrogen) atoms. The zero-order chi connectivity index (χ0) is 13.7. The maximum Gasteiger partial charge on any atom is 0.0842 e. The molecule has 102 valence electrons. The lowest BCUT2D eigenvalue weighted by Crippen LogP contribution is -2.33. The topological polar surface area (TPSA) is 42.7 Å². The number of likely N-dealkylation sites (N-methyl/N-ethyl adjacent to an activating group) is 1. The Hall–Kier alpha value is -1.20. The first-order chi connectivity index (χ1) is 9.19. The van der Waals surface area contributed by atoms with Gasteiger partial charge in [-0.05, 0) is 24.6 Å². The molecule has 0 bridgehead atoms. The number of nitrogens with zero attached hydrogens (tertiary/aromatic N) is 3. The molecule has 4 nitrogen and oxygen atoms in total. The SMILES string of the molecule is CCNC(Cc1cn(C)nn1)Cc1ccccc1Br. The number of hydrogen-bond acceptors (Lipinski definition) is 3. The summed E-state index contributed by atoms with van der Waals surface area (Å²) in [5.74, 6) is 0. The maximum atomic E-state index is 4.16. The van der Waals surface area contributed by atoms with Crippen molar-refractivity contribution < 1.29 is 0 Å². The molecule has 0 radical (unpaired) electrons. The Morgan fingerprint density at radius 2 is 2.11 bits per heavy atom. The van der Waals surface area contributed by atoms with E-state index in [-0.39, 0.29) is 0 Å². The second-order valence-corrected chi connectivity index (χ2v) is 5.49. The fourth-order valence-corrected chi connectivity index (χ4v) is 2.62. The first-order valence-electron chi connectivity index (χ1n) is 6.51. The summed E-state index contributed by atoms with van der Waals surface area (Å²) in [6, 6.07) is 8.73. The summed E-state index contributed by atoms with van der Waals surface area (Å²) >= 11 is 3.61. The third-order valence-electron chi connectivity index (χ3n) is 3.02. The van der Waals surface area contributed by atoms with Gasteiger partial charge in [0.05, 0.1) is 5.69 Å². The monoisotopic (exact) mass is 322 g/mol. The summed E-state index contributed by atoms with van der Waals surface area (Å²) in [7, 11) is 1.90. The second-order valence-electron chi connectivity index (χ2n) is 4.64. The zero-order valence-corrected chi connectivity index (χ0v) is 12.9. The average molecular weight is 323 g/mol. The van der Waals surface area contributed by atoms with E-state index in [4.69, 9.17) is 0 Å². The molecule has 0 amide bonds. The Balaban J connectivity index is 2.06. The Morgan fingerprint density at radius 1 is 1.32 bits per heavy atom. The van der Waals surface area contributed by atoms with Crippen LogP contribution in [0, 0.1) is 0 Å². The van der Waals surface area contributed by atoms with Gasteiger partial charge < -0.3 is 5.32 Å². The van der Waals surface area contributed by atoms with E-state index < -0.39 is 0 Å². The number of aromatic nitrogens is 3. The molecule has 0 saturated heterocycles. The summed E-state index contributed by atoms with van der Waals surface area (Å²) in [6.07, 6.45) is 3.85. The van der Waals surface area contributed by atoms with Crippen molar-refractivity contribution >= 4 is 15.9 Å². The van der Waals surface area contributed by atoms with E-state index in [1.807, 2.05) is 19.3 Å². The highest BCUT2D eigenvalue weighted by Gasteiger charge is 2.13. The molecule has 1 N–H and O–H groups in total. The first kappa shape index (κ1) is 14.2. The summed E-state index contributed by atoms with van der Waals surface area (Å²) in [4.78, 5) is 0. The van der Waals surface area contributed by atoms with Gasteiger partial charge >= 0.3 is 0 Å². The third-order valence-corrected chi connectivity index (χ3v) is 3.80. The quantitative estimate of drug-likeness (QED) is 0.887. The fraction of sp³-hybridized carbons (Fsp3) is 0.429. The van der Waals surface area contributed by atoms with Crippen LogP contribution in [0.1, 0.15) is 18.2 Å². The Kier molecular flexibility index (Phi) is 5.10. The van der Waals surface area contributed by atoms with Gasteiger partial charge in [0.25, 0.3) is 0 Å². The molecule has 1 aromatic heterocycles. The van der Waals surface area contributed by atoms with E-state index in [0.29, 0.717) is 6.04 Å². The average Bonchev–Trinajstić information content (AvgIpc) is 2.78. The molecule has 0 aliphatic heterocycles. The van der Waals surface area contributed by atoms with Crippen LogP contribution in [-0.2, 0) is 19.9 Å². The van der Waals surface area contributed by atoms with Crippen molar-refractivity contribution in [2.45, 2.75) is 25.8 Å². The normalized spacial score (nSPS) is 12.6. The molecular weight excluding hydrogens is 304 g/mol. The summed E-state index contributed by atoms with van der Waals surface area (Å²) < 4.78 is 2.91. The van der Waals surface area contributed by atoms with Crippen LogP contribution in [0.15, 0.2) is 34.9 Å². The predicted molar refractivity (Wildman–Crippen MR) is 80.0 cm³/mol. The minimum absolute atomic E-state index is 0.375. The highest BCUT2D eigenvalue weighted by Crippen LogP contribution is 2.18. The van der Waals surface area contributed by atoms with Gasteiger partial charge in [0, 0.05) is 30.2 Å². The molecule has 1 aromatic carbocycles. The molecule has 1 heterocycles. The number of aryl methyl sites for hydroxylation is 1. The zero-order valence-electron chi connectivity index (χ0n) is 11.3. The molecule has 0 aliphatic carbocycles. The second kappa shape index (κ2) is 6.82. The van der Waals surface area contributed by atoms with Gasteiger partial charge in [0.1, 0.15) is 0 Å². The predicted octanol–water partition coefficient (Wildman–Crippen LogP) is 2.34. The maximum absolute atomic E-state index is 4.16. The summed E-state index contributed by atoms with van der Waals surface area (Å²) in [5, 5.41) is 11.7. The van der Waals surface area contributed by atoms with E-state index in [9.17, 15) is 0 Å². The van der Waals surface area contributed by atoms with Gasteiger partial charge in [-0.2, -0.15) is 0 Å². The third kappa shape index (κ3) is 4.14. The molecule has 0 saturated carbocycles. The fourth-order valence-electron chi connectivity index (χ4n) is 2.18. The number of halogens is 1. The Bertz CT molecular complexity index is 524. The molecule has 0 fully saturated rings. The minimum Gasteiger partial charge on any atom is -0.314 e. The van der Waals surface area contributed by atoms with Crippen molar-refractivity contribution in [3.63, 3.8) is 0 Å². The Morgan fingerprint density at radius 3 is 2.74 bits per heavy atom. The van der Waals surface area contributed by atoms with Crippen LogP contribution in [-0.4, -0.2) is 27.6 Å². The summed E-state index contributed by atoms with van der Waals surface area (Å²) in [5.41, 5.74) is 2.35. The lowest BCUT2D eigenvalue weighted by atomic mass is 10.0. The highest BCUT2D eigenvalue weighted by molar-refractivity contribution is 9.10. The highest BCUT2D eigenvalue weighted by atomic mass is 79.9. The van der Waals surface area contributed by atoms with Crippen molar-refractivity contribution in [1.29, 1.82) is 0 Å². The largest absolute Gasteiger partial charge is 0.314 e. The first-order valence-corrected chi connectivity index (χ1v) is 7.30. The van der Waals surface area contributed by atoms with Gasteiger partial charge in [-0.25, -0.2) is 0 Å². The standard InChI is InChI=1S/C14H19BrN4/c1-3-16-12(9-13-10-19(2)18-17-13)8-11-6-4-5-7-14(11)15/h4-7,10,12,16H,3,8-9H2,1-2H3. The van der Waals surface area contributed by atoms with Gasteiger partial charge in [-0.15, -0.1) is 5.10 Å². The van der Waals surface area contributed by atoms with Crippen molar-refractivity contribution in [3.05, 3.63) is 46.2 Å². The van der Waals surface area contributed by atoms with Crippen molar-refractivity contribution in [2.24, 2.45) is 7.05 Å². The lowest BCUT2D eigenvalue weighted by molar-refractivity contribution is 0.515. The number of hydrogen-bond donors (Lipinski definition) is 1. The number of rotatable bonds is 6. The van der Waals surface area contributed by atoms with Crippen LogP contribution in [0.25, 0.3) is 0 Å². The van der Waals surface area contributed by atoms with E-state index in [2.05, 4.69) is 56.7 Å². The van der Waals surface area contributed by atoms with Crippen molar-refractivity contribution in [2.75, 3.05) is 6.54 Å². The smallest absolute Gasteiger partial charge is 0.0842 e. The Labute approximate surface area is 122 Å². The van der Waals surface area contributed by atoms with Crippen LogP contribution in [0.3, 0.4) is 0 Å². The minimum atomic E-state index is 0.375. The molecule has 1 unspecified atom stereocenters. The molecule has 5 heteroatoms. The van der Waals surface area contributed by atoms with E-state index in [0.717, 1.165) is 29.6 Å². The van der Waals surface area contributed by atoms with Crippen LogP contribution in [0.4, 0.5) is 0 Å². The molecule has 2 rings (SSSR count). The number of benzene rings is 1. The van der Waals surface area contributed by atoms with Gasteiger partial charge in [0.2, 0.25) is 0 Å². The summed E-state index contributed by atoms with van der Waals surface area (Å²) in [6.45, 7) is 3.08.